The first-order valence-corrected chi connectivity index (χ1v) is 7.04. The summed E-state index contributed by atoms with van der Waals surface area (Å²) in [5.74, 6) is 0.327. The average Bonchev–Trinajstić information content (AvgIpc) is 2.52. The Morgan fingerprint density at radius 1 is 1.33 bits per heavy atom. The number of rotatable bonds is 5. The summed E-state index contributed by atoms with van der Waals surface area (Å²) in [5.41, 5.74) is 0.229. The maximum absolute atomic E-state index is 11.4. The van der Waals surface area contributed by atoms with Gasteiger partial charge in [-0.25, -0.2) is 14.8 Å². The van der Waals surface area contributed by atoms with Gasteiger partial charge in [-0.1, -0.05) is 0 Å². The number of methoxy groups -OCH3 is 2. The molecule has 1 atom stereocenters. The number of piperazine rings is 1. The number of ether oxygens (including phenoxy) is 2. The Morgan fingerprint density at radius 2 is 2.14 bits per heavy atom. The van der Waals surface area contributed by atoms with Crippen LogP contribution in [-0.2, 0) is 9.47 Å². The van der Waals surface area contributed by atoms with Crippen molar-refractivity contribution in [3.8, 4) is 0 Å². The van der Waals surface area contributed by atoms with E-state index in [0.29, 0.717) is 6.04 Å². The van der Waals surface area contributed by atoms with Crippen molar-refractivity contribution in [3.63, 3.8) is 0 Å². The fourth-order valence-corrected chi connectivity index (χ4v) is 2.48. The van der Waals surface area contributed by atoms with E-state index in [1.807, 2.05) is 0 Å². The first-order valence-electron chi connectivity index (χ1n) is 7.04. The summed E-state index contributed by atoms with van der Waals surface area (Å²) in [6, 6.07) is 0.342. The molecule has 0 saturated carbocycles. The molecule has 0 N–H and O–H groups in total. The minimum absolute atomic E-state index is 0.229. The van der Waals surface area contributed by atoms with E-state index in [1.165, 1.54) is 13.3 Å². The minimum Gasteiger partial charge on any atom is -0.464 e. The van der Waals surface area contributed by atoms with Crippen molar-refractivity contribution < 1.29 is 14.3 Å². The highest BCUT2D eigenvalue weighted by Gasteiger charge is 2.24. The van der Waals surface area contributed by atoms with Gasteiger partial charge in [0, 0.05) is 39.3 Å². The molecule has 2 heterocycles. The third kappa shape index (κ3) is 3.89. The molecule has 0 bridgehead atoms. The number of carbonyl (C=O) groups excluding carboxylic acids is 1. The van der Waals surface area contributed by atoms with E-state index in [2.05, 4.69) is 31.4 Å². The lowest BCUT2D eigenvalue weighted by atomic mass is 10.2. The van der Waals surface area contributed by atoms with Gasteiger partial charge in [0.1, 0.15) is 5.82 Å². The Hall–Kier alpha value is -1.73. The number of aromatic nitrogens is 2. The lowest BCUT2D eigenvalue weighted by Crippen LogP contribution is -2.52. The van der Waals surface area contributed by atoms with E-state index >= 15 is 0 Å². The summed E-state index contributed by atoms with van der Waals surface area (Å²) in [7, 11) is 3.05. The van der Waals surface area contributed by atoms with Crippen LogP contribution in [0.4, 0.5) is 5.82 Å². The quantitative estimate of drug-likeness (QED) is 0.729. The van der Waals surface area contributed by atoms with Gasteiger partial charge in [0.05, 0.1) is 26.1 Å². The third-order valence-electron chi connectivity index (χ3n) is 3.65. The molecular weight excluding hydrogens is 272 g/mol. The van der Waals surface area contributed by atoms with Crippen molar-refractivity contribution in [1.29, 1.82) is 0 Å². The van der Waals surface area contributed by atoms with Crippen molar-refractivity contribution in [1.82, 2.24) is 14.9 Å². The molecular formula is C14H22N4O3. The smallest absolute Gasteiger partial charge is 0.358 e. The van der Waals surface area contributed by atoms with Crippen LogP contribution in [-0.4, -0.2) is 73.9 Å². The Morgan fingerprint density at radius 3 is 2.71 bits per heavy atom. The first kappa shape index (κ1) is 15.7. The van der Waals surface area contributed by atoms with Crippen molar-refractivity contribution in [3.05, 3.63) is 18.1 Å². The highest BCUT2D eigenvalue weighted by atomic mass is 16.5. The predicted molar refractivity (Wildman–Crippen MR) is 78.5 cm³/mol. The van der Waals surface area contributed by atoms with Crippen molar-refractivity contribution in [2.24, 2.45) is 0 Å². The van der Waals surface area contributed by atoms with Crippen LogP contribution in [0.5, 0.6) is 0 Å². The molecule has 7 nitrogen and oxygen atoms in total. The van der Waals surface area contributed by atoms with Crippen LogP contribution in [0.3, 0.4) is 0 Å². The van der Waals surface area contributed by atoms with Gasteiger partial charge < -0.3 is 14.4 Å². The fourth-order valence-electron chi connectivity index (χ4n) is 2.48. The second-order valence-corrected chi connectivity index (χ2v) is 5.09. The van der Waals surface area contributed by atoms with Gasteiger partial charge in [-0.2, -0.15) is 0 Å². The van der Waals surface area contributed by atoms with Crippen LogP contribution in [0.15, 0.2) is 12.4 Å². The molecule has 0 spiro atoms. The number of esters is 1. The molecule has 1 saturated heterocycles. The van der Waals surface area contributed by atoms with Crippen molar-refractivity contribution in [2.45, 2.75) is 13.0 Å². The van der Waals surface area contributed by atoms with E-state index in [4.69, 9.17) is 4.74 Å². The van der Waals surface area contributed by atoms with Crippen LogP contribution in [0, 0.1) is 0 Å². The summed E-state index contributed by atoms with van der Waals surface area (Å²) >= 11 is 0. The van der Waals surface area contributed by atoms with Gasteiger partial charge in [-0.05, 0) is 6.92 Å². The predicted octanol–water partition coefficient (Wildman–Crippen LogP) is 0.420. The number of hydrogen-bond acceptors (Lipinski definition) is 7. The monoisotopic (exact) mass is 294 g/mol. The van der Waals surface area contributed by atoms with Gasteiger partial charge in [-0.15, -0.1) is 0 Å². The third-order valence-corrected chi connectivity index (χ3v) is 3.65. The molecule has 0 aromatic carbocycles. The fraction of sp³-hybridized carbons (Fsp3) is 0.643. The zero-order valence-corrected chi connectivity index (χ0v) is 12.8. The summed E-state index contributed by atoms with van der Waals surface area (Å²) in [6.07, 6.45) is 3.10. The van der Waals surface area contributed by atoms with Gasteiger partial charge >= 0.3 is 5.97 Å². The summed E-state index contributed by atoms with van der Waals surface area (Å²) in [6.45, 7) is 6.67. The van der Waals surface area contributed by atoms with Crippen molar-refractivity contribution >= 4 is 11.8 Å². The lowest BCUT2D eigenvalue weighted by Gasteiger charge is -2.40. The van der Waals surface area contributed by atoms with E-state index in [-0.39, 0.29) is 5.69 Å². The largest absolute Gasteiger partial charge is 0.464 e. The summed E-state index contributed by atoms with van der Waals surface area (Å²) < 4.78 is 9.74. The SMILES string of the molecule is COCCN1CCN(c2cnc(C(=O)OC)cn2)[C@H](C)C1. The standard InChI is InChI=1S/C14H22N4O3/c1-11-10-17(6-7-20-2)4-5-18(11)13-9-15-12(8-16-13)14(19)21-3/h8-9,11H,4-7,10H2,1-3H3/t11-/m1/s1. The molecule has 1 aromatic heterocycles. The summed E-state index contributed by atoms with van der Waals surface area (Å²) in [4.78, 5) is 24.4. The second-order valence-electron chi connectivity index (χ2n) is 5.09. The zero-order chi connectivity index (χ0) is 15.2. The average molecular weight is 294 g/mol. The van der Waals surface area contributed by atoms with Crippen LogP contribution < -0.4 is 4.90 Å². The minimum atomic E-state index is -0.466. The number of anilines is 1. The number of carbonyl (C=O) groups is 1. The molecule has 21 heavy (non-hydrogen) atoms. The molecule has 1 aromatic rings. The Labute approximate surface area is 124 Å². The second kappa shape index (κ2) is 7.33. The van der Waals surface area contributed by atoms with Crippen LogP contribution in [0.2, 0.25) is 0 Å². The van der Waals surface area contributed by atoms with E-state index in [0.717, 1.165) is 38.6 Å². The molecule has 1 aliphatic heterocycles. The Bertz CT molecular complexity index is 466. The van der Waals surface area contributed by atoms with Gasteiger partial charge in [0.2, 0.25) is 0 Å². The molecule has 0 amide bonds. The maximum atomic E-state index is 11.4. The van der Waals surface area contributed by atoms with E-state index < -0.39 is 5.97 Å². The molecule has 1 fully saturated rings. The van der Waals surface area contributed by atoms with Gasteiger partial charge in [0.15, 0.2) is 5.69 Å². The van der Waals surface area contributed by atoms with Crippen LogP contribution in [0.1, 0.15) is 17.4 Å². The number of nitrogens with zero attached hydrogens (tertiary/aromatic N) is 4. The lowest BCUT2D eigenvalue weighted by molar-refractivity contribution is 0.0593. The van der Waals surface area contributed by atoms with E-state index in [9.17, 15) is 4.79 Å². The maximum Gasteiger partial charge on any atom is 0.358 e. The molecule has 116 valence electrons. The molecule has 7 heteroatoms. The molecule has 0 aliphatic carbocycles. The van der Waals surface area contributed by atoms with Crippen molar-refractivity contribution in [2.75, 3.05) is 51.9 Å². The normalized spacial score (nSPS) is 19.6. The topological polar surface area (TPSA) is 67.8 Å². The highest BCUT2D eigenvalue weighted by molar-refractivity contribution is 5.86. The molecule has 0 unspecified atom stereocenters. The molecule has 1 aliphatic rings. The number of hydrogen-bond donors (Lipinski definition) is 0. The van der Waals surface area contributed by atoms with Gasteiger partial charge in [0.25, 0.3) is 0 Å². The zero-order valence-electron chi connectivity index (χ0n) is 12.8. The Balaban J connectivity index is 1.98. The first-order chi connectivity index (χ1) is 10.2. The van der Waals surface area contributed by atoms with E-state index in [1.54, 1.807) is 13.3 Å². The van der Waals surface area contributed by atoms with Crippen LogP contribution >= 0.6 is 0 Å². The van der Waals surface area contributed by atoms with Crippen LogP contribution in [0.25, 0.3) is 0 Å². The van der Waals surface area contributed by atoms with Gasteiger partial charge in [-0.3, -0.25) is 4.90 Å². The summed E-state index contributed by atoms with van der Waals surface area (Å²) in [5, 5.41) is 0. The molecule has 0 radical (unpaired) electrons. The Kier molecular flexibility index (Phi) is 5.46. The highest BCUT2D eigenvalue weighted by Crippen LogP contribution is 2.17. The molecule has 2 rings (SSSR count).